The molecule has 0 heterocycles. The molecule has 1 aliphatic carbocycles. The SMILES string of the molecule is CCCC(C)(C)OOC1(OOC(C)(C)CCC)CC(C)CC(C)C1. The predicted molar refractivity (Wildman–Crippen MR) is 97.2 cm³/mol. The van der Waals surface area contributed by atoms with Crippen LogP contribution in [0.5, 0.6) is 0 Å². The summed E-state index contributed by atoms with van der Waals surface area (Å²) < 4.78 is 0. The summed E-state index contributed by atoms with van der Waals surface area (Å²) in [6, 6.07) is 0. The maximum atomic E-state index is 5.96. The molecular weight excluding hydrogens is 304 g/mol. The zero-order valence-electron chi connectivity index (χ0n) is 17.2. The van der Waals surface area contributed by atoms with E-state index in [9.17, 15) is 0 Å². The van der Waals surface area contributed by atoms with Crippen LogP contribution in [0, 0.1) is 11.8 Å². The Kier molecular flexibility index (Phi) is 8.18. The van der Waals surface area contributed by atoms with Gasteiger partial charge in [0.25, 0.3) is 0 Å². The molecule has 2 atom stereocenters. The lowest BCUT2D eigenvalue weighted by atomic mass is 9.79. The Morgan fingerprint density at radius 2 is 1.17 bits per heavy atom. The van der Waals surface area contributed by atoms with Gasteiger partial charge < -0.3 is 0 Å². The van der Waals surface area contributed by atoms with E-state index >= 15 is 0 Å². The van der Waals surface area contributed by atoms with E-state index in [0.29, 0.717) is 11.8 Å². The zero-order valence-corrected chi connectivity index (χ0v) is 17.2. The summed E-state index contributed by atoms with van der Waals surface area (Å²) in [6.07, 6.45) is 6.76. The number of rotatable bonds is 10. The van der Waals surface area contributed by atoms with Crippen molar-refractivity contribution in [3.05, 3.63) is 0 Å². The molecule has 24 heavy (non-hydrogen) atoms. The minimum Gasteiger partial charge on any atom is -0.228 e. The molecule has 0 N–H and O–H groups in total. The molecule has 0 aromatic rings. The first-order valence-corrected chi connectivity index (χ1v) is 9.77. The first kappa shape index (κ1) is 21.9. The number of hydrogen-bond acceptors (Lipinski definition) is 4. The first-order chi connectivity index (χ1) is 11.0. The third-order valence-corrected chi connectivity index (χ3v) is 4.67. The van der Waals surface area contributed by atoms with Gasteiger partial charge in [-0.1, -0.05) is 40.5 Å². The van der Waals surface area contributed by atoms with Gasteiger partial charge in [0.2, 0.25) is 5.79 Å². The summed E-state index contributed by atoms with van der Waals surface area (Å²) in [6.45, 7) is 17.0. The molecule has 1 rings (SSSR count). The van der Waals surface area contributed by atoms with Crippen LogP contribution < -0.4 is 0 Å². The second-order valence-corrected chi connectivity index (χ2v) is 9.12. The minimum atomic E-state index is -0.812. The minimum absolute atomic E-state index is 0.325. The van der Waals surface area contributed by atoms with E-state index in [-0.39, 0.29) is 11.2 Å². The topological polar surface area (TPSA) is 36.9 Å². The molecule has 0 amide bonds. The lowest BCUT2D eigenvalue weighted by molar-refractivity contribution is -0.551. The van der Waals surface area contributed by atoms with Gasteiger partial charge in [0.05, 0.1) is 11.2 Å². The largest absolute Gasteiger partial charge is 0.234 e. The molecule has 2 unspecified atom stereocenters. The summed E-state index contributed by atoms with van der Waals surface area (Å²) in [4.78, 5) is 23.6. The highest BCUT2D eigenvalue weighted by Crippen LogP contribution is 2.41. The smallest absolute Gasteiger partial charge is 0.228 e. The first-order valence-electron chi connectivity index (χ1n) is 9.77. The van der Waals surface area contributed by atoms with Crippen molar-refractivity contribution < 1.29 is 19.6 Å². The van der Waals surface area contributed by atoms with E-state index in [0.717, 1.165) is 38.5 Å². The average Bonchev–Trinajstić information content (AvgIpc) is 2.43. The van der Waals surface area contributed by atoms with Crippen LogP contribution in [0.3, 0.4) is 0 Å². The van der Waals surface area contributed by atoms with Crippen LogP contribution in [0.25, 0.3) is 0 Å². The van der Waals surface area contributed by atoms with Gasteiger partial charge in [0.15, 0.2) is 0 Å². The van der Waals surface area contributed by atoms with E-state index in [1.54, 1.807) is 0 Å². The Labute approximate surface area is 149 Å². The molecule has 1 fully saturated rings. The van der Waals surface area contributed by atoms with Gasteiger partial charge in [-0.15, -0.1) is 0 Å². The highest BCUT2D eigenvalue weighted by Gasteiger charge is 2.45. The van der Waals surface area contributed by atoms with Crippen molar-refractivity contribution in [2.45, 2.75) is 117 Å². The van der Waals surface area contributed by atoms with Crippen LogP contribution >= 0.6 is 0 Å². The highest BCUT2D eigenvalue weighted by molar-refractivity contribution is 4.82. The maximum absolute atomic E-state index is 5.96. The summed E-state index contributed by atoms with van der Waals surface area (Å²) in [5, 5.41) is 0. The molecule has 1 saturated carbocycles. The van der Waals surface area contributed by atoms with Crippen LogP contribution in [0.1, 0.15) is 100 Å². The van der Waals surface area contributed by atoms with Crippen LogP contribution in [0.2, 0.25) is 0 Å². The van der Waals surface area contributed by atoms with Gasteiger partial charge in [0, 0.05) is 12.8 Å². The zero-order chi connectivity index (χ0) is 18.4. The van der Waals surface area contributed by atoms with Crippen molar-refractivity contribution in [3.8, 4) is 0 Å². The molecule has 0 saturated heterocycles. The third kappa shape index (κ3) is 7.38. The van der Waals surface area contributed by atoms with E-state index in [4.69, 9.17) is 19.6 Å². The van der Waals surface area contributed by atoms with Crippen LogP contribution in [-0.4, -0.2) is 17.0 Å². The molecule has 144 valence electrons. The van der Waals surface area contributed by atoms with Crippen molar-refractivity contribution in [2.75, 3.05) is 0 Å². The molecular formula is C20H40O4. The van der Waals surface area contributed by atoms with Crippen molar-refractivity contribution in [1.29, 1.82) is 0 Å². The average molecular weight is 345 g/mol. The molecule has 0 spiro atoms. The lowest BCUT2D eigenvalue weighted by Gasteiger charge is -2.42. The van der Waals surface area contributed by atoms with Gasteiger partial charge in [0.1, 0.15) is 0 Å². The Bertz CT molecular complexity index is 331. The summed E-state index contributed by atoms with van der Waals surface area (Å²) in [5.41, 5.74) is -0.651. The fourth-order valence-electron chi connectivity index (χ4n) is 3.81. The normalized spacial score (nSPS) is 25.0. The maximum Gasteiger partial charge on any atom is 0.234 e. The molecule has 0 aromatic heterocycles. The third-order valence-electron chi connectivity index (χ3n) is 4.67. The second kappa shape index (κ2) is 8.98. The summed E-state index contributed by atoms with van der Waals surface area (Å²) in [5.74, 6) is 0.224. The number of hydrogen-bond donors (Lipinski definition) is 0. The molecule has 0 aliphatic heterocycles. The van der Waals surface area contributed by atoms with Crippen molar-refractivity contribution >= 4 is 0 Å². The molecule has 4 heteroatoms. The van der Waals surface area contributed by atoms with Crippen molar-refractivity contribution in [2.24, 2.45) is 11.8 Å². The Morgan fingerprint density at radius 1 is 0.792 bits per heavy atom. The summed E-state index contributed by atoms with van der Waals surface area (Å²) >= 11 is 0. The Morgan fingerprint density at radius 3 is 1.50 bits per heavy atom. The van der Waals surface area contributed by atoms with Crippen molar-refractivity contribution in [3.63, 3.8) is 0 Å². The van der Waals surface area contributed by atoms with Gasteiger partial charge in [-0.05, 0) is 58.8 Å². The summed E-state index contributed by atoms with van der Waals surface area (Å²) in [7, 11) is 0. The molecule has 0 bridgehead atoms. The predicted octanol–water partition coefficient (Wildman–Crippen LogP) is 6.19. The van der Waals surface area contributed by atoms with E-state index in [1.165, 1.54) is 6.42 Å². The van der Waals surface area contributed by atoms with Crippen LogP contribution in [0.15, 0.2) is 0 Å². The van der Waals surface area contributed by atoms with Gasteiger partial charge in [-0.2, -0.15) is 9.78 Å². The fraction of sp³-hybridized carbons (Fsp3) is 1.00. The van der Waals surface area contributed by atoms with Crippen LogP contribution in [-0.2, 0) is 19.6 Å². The van der Waals surface area contributed by atoms with Crippen molar-refractivity contribution in [1.82, 2.24) is 0 Å². The quantitative estimate of drug-likeness (QED) is 0.269. The van der Waals surface area contributed by atoms with E-state index < -0.39 is 5.79 Å². The molecule has 1 aliphatic rings. The van der Waals surface area contributed by atoms with E-state index in [1.807, 2.05) is 0 Å². The monoisotopic (exact) mass is 344 g/mol. The highest BCUT2D eigenvalue weighted by atomic mass is 17.3. The van der Waals surface area contributed by atoms with E-state index in [2.05, 4.69) is 55.4 Å². The molecule has 0 radical (unpaired) electrons. The standard InChI is InChI=1S/C20H40O4/c1-9-11-18(5,6)21-23-20(14-16(3)13-17(4)15-20)24-22-19(7,8)12-10-2/h16-17H,9-15H2,1-8H3. The Balaban J connectivity index is 2.80. The van der Waals surface area contributed by atoms with Crippen LogP contribution in [0.4, 0.5) is 0 Å². The fourth-order valence-corrected chi connectivity index (χ4v) is 3.81. The van der Waals surface area contributed by atoms with Gasteiger partial charge in [-0.25, -0.2) is 9.78 Å². The van der Waals surface area contributed by atoms with Gasteiger partial charge in [-0.3, -0.25) is 0 Å². The Hall–Kier alpha value is -0.160. The molecule has 0 aromatic carbocycles. The van der Waals surface area contributed by atoms with Gasteiger partial charge >= 0.3 is 0 Å². The molecule has 4 nitrogen and oxygen atoms in total. The second-order valence-electron chi connectivity index (χ2n) is 9.12. The lowest BCUT2D eigenvalue weighted by Crippen LogP contribution is -2.46.